The molecular formula is C13H16O5. The number of aromatic carboxylic acids is 2. The predicted octanol–water partition coefficient (Wildman–Crippen LogP) is 2.03. The quantitative estimate of drug-likeness (QED) is 0.713. The first-order valence-corrected chi connectivity index (χ1v) is 5.32. The SMILES string of the molecule is CC=CCCO.O=C(O)c1ccccc1C(=O)O. The Balaban J connectivity index is 0.000000411. The van der Waals surface area contributed by atoms with Gasteiger partial charge in [-0.3, -0.25) is 0 Å². The minimum atomic E-state index is -1.23. The van der Waals surface area contributed by atoms with Gasteiger partial charge in [0, 0.05) is 6.61 Å². The summed E-state index contributed by atoms with van der Waals surface area (Å²) in [5, 5.41) is 25.2. The molecule has 3 N–H and O–H groups in total. The van der Waals surface area contributed by atoms with E-state index in [1.54, 1.807) is 0 Å². The highest BCUT2D eigenvalue weighted by atomic mass is 16.4. The molecule has 18 heavy (non-hydrogen) atoms. The summed E-state index contributed by atoms with van der Waals surface area (Å²) in [4.78, 5) is 20.9. The van der Waals surface area contributed by atoms with Crippen LogP contribution in [0.2, 0.25) is 0 Å². The van der Waals surface area contributed by atoms with Crippen molar-refractivity contribution in [2.75, 3.05) is 6.61 Å². The molecule has 0 aliphatic rings. The van der Waals surface area contributed by atoms with Gasteiger partial charge in [-0.2, -0.15) is 0 Å². The number of rotatable bonds is 4. The lowest BCUT2D eigenvalue weighted by Crippen LogP contribution is -2.06. The monoisotopic (exact) mass is 252 g/mol. The van der Waals surface area contributed by atoms with Crippen molar-refractivity contribution in [1.29, 1.82) is 0 Å². The minimum Gasteiger partial charge on any atom is -0.478 e. The Hall–Kier alpha value is -2.14. The van der Waals surface area contributed by atoms with Gasteiger partial charge >= 0.3 is 11.9 Å². The minimum absolute atomic E-state index is 0.190. The molecule has 0 spiro atoms. The Kier molecular flexibility index (Phi) is 7.89. The van der Waals surface area contributed by atoms with Crippen molar-refractivity contribution in [3.8, 4) is 0 Å². The Morgan fingerprint density at radius 3 is 1.78 bits per heavy atom. The summed E-state index contributed by atoms with van der Waals surface area (Å²) >= 11 is 0. The summed E-state index contributed by atoms with van der Waals surface area (Å²) in [6.45, 7) is 2.21. The zero-order valence-electron chi connectivity index (χ0n) is 10.0. The fourth-order valence-corrected chi connectivity index (χ4v) is 1.10. The van der Waals surface area contributed by atoms with Gasteiger partial charge in [0.2, 0.25) is 0 Å². The van der Waals surface area contributed by atoms with Gasteiger partial charge in [-0.1, -0.05) is 24.3 Å². The van der Waals surface area contributed by atoms with Crippen LogP contribution in [-0.2, 0) is 0 Å². The van der Waals surface area contributed by atoms with Gasteiger partial charge in [0.1, 0.15) is 0 Å². The van der Waals surface area contributed by atoms with E-state index < -0.39 is 11.9 Å². The van der Waals surface area contributed by atoms with Crippen LogP contribution in [0.25, 0.3) is 0 Å². The van der Waals surface area contributed by atoms with Gasteiger partial charge < -0.3 is 15.3 Å². The maximum Gasteiger partial charge on any atom is 0.336 e. The van der Waals surface area contributed by atoms with Gasteiger partial charge in [0.15, 0.2) is 0 Å². The Morgan fingerprint density at radius 1 is 1.11 bits per heavy atom. The number of hydrogen-bond donors (Lipinski definition) is 3. The van der Waals surface area contributed by atoms with Crippen molar-refractivity contribution in [3.05, 3.63) is 47.5 Å². The van der Waals surface area contributed by atoms with Crippen molar-refractivity contribution < 1.29 is 24.9 Å². The van der Waals surface area contributed by atoms with Gasteiger partial charge in [-0.05, 0) is 25.5 Å². The van der Waals surface area contributed by atoms with E-state index in [1.807, 2.05) is 19.1 Å². The summed E-state index contributed by atoms with van der Waals surface area (Å²) in [6, 6.07) is 5.48. The number of hydrogen-bond acceptors (Lipinski definition) is 3. The predicted molar refractivity (Wildman–Crippen MR) is 66.9 cm³/mol. The number of carboxylic acids is 2. The first-order valence-electron chi connectivity index (χ1n) is 5.32. The van der Waals surface area contributed by atoms with Crippen LogP contribution in [0, 0.1) is 0 Å². The summed E-state index contributed by atoms with van der Waals surface area (Å²) in [5.41, 5.74) is -0.380. The van der Waals surface area contributed by atoms with Gasteiger partial charge in [-0.25, -0.2) is 9.59 Å². The van der Waals surface area contributed by atoms with Crippen LogP contribution in [0.1, 0.15) is 34.1 Å². The van der Waals surface area contributed by atoms with E-state index in [1.165, 1.54) is 24.3 Å². The largest absolute Gasteiger partial charge is 0.478 e. The molecule has 0 aliphatic heterocycles. The Labute approximate surface area is 105 Å². The van der Waals surface area contributed by atoms with Crippen LogP contribution in [0.3, 0.4) is 0 Å². The molecule has 1 rings (SSSR count). The topological polar surface area (TPSA) is 94.8 Å². The number of allylic oxidation sites excluding steroid dienone is 1. The lowest BCUT2D eigenvalue weighted by Gasteiger charge is -1.98. The van der Waals surface area contributed by atoms with Crippen LogP contribution in [0.4, 0.5) is 0 Å². The molecule has 98 valence electrons. The molecule has 0 saturated heterocycles. The third kappa shape index (κ3) is 5.81. The molecule has 0 aromatic heterocycles. The number of carboxylic acid groups (broad SMARTS) is 2. The number of aliphatic hydroxyl groups is 1. The molecule has 0 radical (unpaired) electrons. The highest BCUT2D eigenvalue weighted by Crippen LogP contribution is 2.07. The lowest BCUT2D eigenvalue weighted by molar-refractivity contribution is 0.0651. The van der Waals surface area contributed by atoms with Crippen molar-refractivity contribution >= 4 is 11.9 Å². The summed E-state index contributed by atoms with van der Waals surface area (Å²) in [5.74, 6) is -2.46. The normalized spacial score (nSPS) is 9.67. The zero-order chi connectivity index (χ0) is 14.0. The number of benzene rings is 1. The van der Waals surface area contributed by atoms with Crippen molar-refractivity contribution in [1.82, 2.24) is 0 Å². The molecule has 0 atom stereocenters. The first kappa shape index (κ1) is 15.9. The average molecular weight is 252 g/mol. The van der Waals surface area contributed by atoms with E-state index in [2.05, 4.69) is 0 Å². The highest BCUT2D eigenvalue weighted by Gasteiger charge is 2.13. The molecule has 0 aliphatic carbocycles. The first-order chi connectivity index (χ1) is 8.54. The third-order valence-electron chi connectivity index (χ3n) is 1.92. The van der Waals surface area contributed by atoms with Crippen molar-refractivity contribution in [2.45, 2.75) is 13.3 Å². The molecule has 5 heteroatoms. The van der Waals surface area contributed by atoms with Crippen LogP contribution in [0.15, 0.2) is 36.4 Å². The molecule has 0 fully saturated rings. The summed E-state index contributed by atoms with van der Waals surface area (Å²) in [7, 11) is 0. The smallest absolute Gasteiger partial charge is 0.336 e. The second-order valence-corrected chi connectivity index (χ2v) is 3.24. The molecule has 0 heterocycles. The van der Waals surface area contributed by atoms with E-state index in [0.717, 1.165) is 6.42 Å². The summed E-state index contributed by atoms with van der Waals surface area (Å²) in [6.07, 6.45) is 4.65. The van der Waals surface area contributed by atoms with Gasteiger partial charge in [0.05, 0.1) is 11.1 Å². The molecule has 0 amide bonds. The zero-order valence-corrected chi connectivity index (χ0v) is 10.0. The molecular weight excluding hydrogens is 236 g/mol. The van der Waals surface area contributed by atoms with Gasteiger partial charge in [0.25, 0.3) is 0 Å². The molecule has 0 unspecified atom stereocenters. The summed E-state index contributed by atoms with van der Waals surface area (Å²) < 4.78 is 0. The standard InChI is InChI=1S/C8H6O4.C5H10O/c9-7(10)5-3-1-2-4-6(5)8(11)12;1-2-3-4-5-6/h1-4H,(H,9,10)(H,11,12);2-3,6H,4-5H2,1H3. The van der Waals surface area contributed by atoms with Crippen molar-refractivity contribution in [2.24, 2.45) is 0 Å². The average Bonchev–Trinajstić information content (AvgIpc) is 2.37. The lowest BCUT2D eigenvalue weighted by atomic mass is 10.1. The molecule has 0 saturated carbocycles. The Bertz CT molecular complexity index is 390. The van der Waals surface area contributed by atoms with Crippen LogP contribution < -0.4 is 0 Å². The van der Waals surface area contributed by atoms with Crippen LogP contribution in [-0.4, -0.2) is 33.9 Å². The highest BCUT2D eigenvalue weighted by molar-refractivity contribution is 6.01. The van der Waals surface area contributed by atoms with E-state index in [-0.39, 0.29) is 17.7 Å². The Morgan fingerprint density at radius 2 is 1.56 bits per heavy atom. The van der Waals surface area contributed by atoms with Crippen molar-refractivity contribution in [3.63, 3.8) is 0 Å². The van der Waals surface area contributed by atoms with Crippen LogP contribution >= 0.6 is 0 Å². The molecule has 1 aromatic carbocycles. The molecule has 0 bridgehead atoms. The van der Waals surface area contributed by atoms with E-state index in [9.17, 15) is 9.59 Å². The van der Waals surface area contributed by atoms with Crippen LogP contribution in [0.5, 0.6) is 0 Å². The van der Waals surface area contributed by atoms with E-state index >= 15 is 0 Å². The maximum atomic E-state index is 10.5. The maximum absolute atomic E-state index is 10.5. The number of aliphatic hydroxyl groups excluding tert-OH is 1. The third-order valence-corrected chi connectivity index (χ3v) is 1.92. The van der Waals surface area contributed by atoms with Gasteiger partial charge in [-0.15, -0.1) is 0 Å². The second-order valence-electron chi connectivity index (χ2n) is 3.24. The second kappa shape index (κ2) is 8.95. The van der Waals surface area contributed by atoms with E-state index in [0.29, 0.717) is 0 Å². The molecule has 5 nitrogen and oxygen atoms in total. The molecule has 1 aromatic rings. The number of carbonyl (C=O) groups is 2. The fraction of sp³-hybridized carbons (Fsp3) is 0.231. The van der Waals surface area contributed by atoms with E-state index in [4.69, 9.17) is 15.3 Å². The fourth-order valence-electron chi connectivity index (χ4n) is 1.10.